The number of aromatic nitrogens is 2. The van der Waals surface area contributed by atoms with E-state index in [0.29, 0.717) is 50.7 Å². The Balaban J connectivity index is 1.47. The highest BCUT2D eigenvalue weighted by Crippen LogP contribution is 2.39. The Morgan fingerprint density at radius 1 is 1.17 bits per heavy atom. The number of likely N-dealkylation sites (tertiary alicyclic amines) is 1. The number of rotatable bonds is 7. The zero-order valence-corrected chi connectivity index (χ0v) is 23.1. The van der Waals surface area contributed by atoms with Gasteiger partial charge >= 0.3 is 12.2 Å². The van der Waals surface area contributed by atoms with Crippen molar-refractivity contribution in [3.8, 4) is 12.1 Å². The fourth-order valence-corrected chi connectivity index (χ4v) is 6.01. The van der Waals surface area contributed by atoms with Gasteiger partial charge in [-0.2, -0.15) is 28.4 Å². The molecule has 2 aromatic rings. The van der Waals surface area contributed by atoms with E-state index in [-0.39, 0.29) is 42.7 Å². The molecule has 12 heteroatoms. The number of ether oxygens (including phenoxy) is 1. The molecule has 5 rings (SSSR count). The molecule has 1 amide bonds. The monoisotopic (exact) mass is 569 g/mol. The summed E-state index contributed by atoms with van der Waals surface area (Å²) in [5.41, 5.74) is 0.914. The Bertz CT molecular complexity index is 1330. The minimum atomic E-state index is -4.48. The number of likely N-dealkylation sites (N-methyl/N-ethyl adjacent to an activating group) is 1. The lowest BCUT2D eigenvalue weighted by Gasteiger charge is -2.42. The van der Waals surface area contributed by atoms with Crippen molar-refractivity contribution in [2.75, 3.05) is 56.2 Å². The highest BCUT2D eigenvalue weighted by molar-refractivity contribution is 5.87. The van der Waals surface area contributed by atoms with Crippen molar-refractivity contribution in [1.29, 1.82) is 5.26 Å². The molecule has 1 aromatic carbocycles. The van der Waals surface area contributed by atoms with Crippen LogP contribution in [0.2, 0.25) is 0 Å². The predicted octanol–water partition coefficient (Wildman–Crippen LogP) is 3.65. The van der Waals surface area contributed by atoms with Crippen molar-refractivity contribution >= 4 is 17.4 Å². The maximum Gasteiger partial charge on any atom is 0.418 e. The van der Waals surface area contributed by atoms with Crippen LogP contribution in [0.3, 0.4) is 0 Å². The van der Waals surface area contributed by atoms with Gasteiger partial charge in [0.15, 0.2) is 0 Å². The van der Waals surface area contributed by atoms with E-state index >= 15 is 0 Å². The molecule has 0 radical (unpaired) electrons. The Morgan fingerprint density at radius 2 is 1.98 bits per heavy atom. The van der Waals surface area contributed by atoms with Gasteiger partial charge in [-0.15, -0.1) is 0 Å². The van der Waals surface area contributed by atoms with Crippen molar-refractivity contribution < 1.29 is 22.7 Å². The first kappa shape index (κ1) is 28.7. The van der Waals surface area contributed by atoms with E-state index in [2.05, 4.69) is 24.6 Å². The quantitative estimate of drug-likeness (QED) is 0.467. The third-order valence-electron chi connectivity index (χ3n) is 8.22. The molecule has 1 aromatic heterocycles. The maximum atomic E-state index is 13.8. The summed E-state index contributed by atoms with van der Waals surface area (Å²) in [6, 6.07) is 7.84. The van der Waals surface area contributed by atoms with Crippen molar-refractivity contribution in [3.63, 3.8) is 0 Å². The molecule has 3 aliphatic rings. The smallest absolute Gasteiger partial charge is 0.418 e. The molecular weight excluding hydrogens is 535 g/mol. The van der Waals surface area contributed by atoms with E-state index in [0.717, 1.165) is 31.0 Å². The average Bonchev–Trinajstić information content (AvgIpc) is 3.39. The van der Waals surface area contributed by atoms with E-state index in [1.165, 1.54) is 18.2 Å². The Hall–Kier alpha value is -3.85. The molecule has 3 aliphatic heterocycles. The van der Waals surface area contributed by atoms with E-state index in [4.69, 9.17) is 14.7 Å². The van der Waals surface area contributed by atoms with Crippen molar-refractivity contribution in [3.05, 3.63) is 53.7 Å². The summed E-state index contributed by atoms with van der Waals surface area (Å²) < 4.78 is 47.6. The van der Waals surface area contributed by atoms with Gasteiger partial charge in [-0.05, 0) is 51.1 Å². The third-order valence-corrected chi connectivity index (χ3v) is 8.22. The number of carbonyl (C=O) groups excluding carboxylic acids is 1. The number of benzene rings is 1. The van der Waals surface area contributed by atoms with Gasteiger partial charge in [-0.1, -0.05) is 18.7 Å². The first-order valence-corrected chi connectivity index (χ1v) is 13.9. The molecule has 2 saturated heterocycles. The molecule has 0 aliphatic carbocycles. The molecular formula is C29H34F3N7O2. The number of nitriles is 1. The number of para-hydroxylation sites is 1. The molecule has 2 fully saturated rings. The summed E-state index contributed by atoms with van der Waals surface area (Å²) in [6.45, 7) is 6.79. The molecule has 218 valence electrons. The van der Waals surface area contributed by atoms with Crippen LogP contribution in [0.5, 0.6) is 6.01 Å². The lowest BCUT2D eigenvalue weighted by molar-refractivity contribution is -0.137. The first-order valence-electron chi connectivity index (χ1n) is 13.9. The topological polar surface area (TPSA) is 88.8 Å². The number of alkyl halides is 3. The number of hydrogen-bond acceptors (Lipinski definition) is 8. The Labute approximate surface area is 237 Å². The van der Waals surface area contributed by atoms with Crippen molar-refractivity contribution in [2.24, 2.45) is 0 Å². The third kappa shape index (κ3) is 6.10. The number of piperazine rings is 1. The Kier molecular flexibility index (Phi) is 8.35. The fraction of sp³-hybridized carbons (Fsp3) is 0.517. The predicted molar refractivity (Wildman–Crippen MR) is 148 cm³/mol. The van der Waals surface area contributed by atoms with Crippen LogP contribution in [0.25, 0.3) is 0 Å². The summed E-state index contributed by atoms with van der Waals surface area (Å²) in [5, 5.41) is 9.43. The van der Waals surface area contributed by atoms with Gasteiger partial charge in [-0.25, -0.2) is 0 Å². The fourth-order valence-electron chi connectivity index (χ4n) is 6.01. The normalized spacial score (nSPS) is 21.4. The van der Waals surface area contributed by atoms with Crippen LogP contribution in [-0.4, -0.2) is 84.1 Å². The number of hydrogen-bond donors (Lipinski definition) is 0. The lowest BCUT2D eigenvalue weighted by atomic mass is 10.0. The summed E-state index contributed by atoms with van der Waals surface area (Å²) in [7, 11) is 2.05. The van der Waals surface area contributed by atoms with Crippen LogP contribution < -0.4 is 14.5 Å². The van der Waals surface area contributed by atoms with Crippen molar-refractivity contribution in [2.45, 2.75) is 50.5 Å². The molecule has 0 spiro atoms. The molecule has 9 nitrogen and oxygen atoms in total. The van der Waals surface area contributed by atoms with E-state index in [1.54, 1.807) is 15.9 Å². The number of anilines is 2. The van der Waals surface area contributed by atoms with Gasteiger partial charge in [0.1, 0.15) is 12.4 Å². The molecule has 0 N–H and O–H groups in total. The number of amides is 1. The minimum Gasteiger partial charge on any atom is -0.462 e. The molecule has 41 heavy (non-hydrogen) atoms. The van der Waals surface area contributed by atoms with Gasteiger partial charge in [0, 0.05) is 43.5 Å². The van der Waals surface area contributed by atoms with E-state index in [9.17, 15) is 23.2 Å². The maximum absolute atomic E-state index is 13.8. The molecule has 0 bridgehead atoms. The van der Waals surface area contributed by atoms with Gasteiger partial charge in [0.25, 0.3) is 0 Å². The standard InChI is InChI=1S/C29H34F3N7O2/c1-3-26(40)39-16-15-38(17-20(39)10-12-33)27-22-11-14-37(25-9-5-4-8-23(25)29(30,31)32)18-24(22)34-28(35-27)41-19-21-7-6-13-36(21)2/h3-5,8-9,20-21H,1,6-7,10-11,13-19H2,2H3/t20?,21-/m1/s1. The van der Waals surface area contributed by atoms with Crippen molar-refractivity contribution in [1.82, 2.24) is 19.8 Å². The van der Waals surface area contributed by atoms with Crippen LogP contribution in [-0.2, 0) is 23.9 Å². The zero-order valence-electron chi connectivity index (χ0n) is 23.1. The van der Waals surface area contributed by atoms with E-state index in [1.807, 2.05) is 4.90 Å². The van der Waals surface area contributed by atoms with E-state index < -0.39 is 11.7 Å². The van der Waals surface area contributed by atoms with Gasteiger partial charge in [0.05, 0.1) is 36.3 Å². The highest BCUT2D eigenvalue weighted by atomic mass is 19.4. The molecule has 2 atom stereocenters. The average molecular weight is 570 g/mol. The SMILES string of the molecule is C=CC(=O)N1CCN(c2nc(OC[C@H]3CCCN3C)nc3c2CCN(c2ccccc2C(F)(F)F)C3)CC1CC#N. The van der Waals surface area contributed by atoms with Crippen LogP contribution in [0, 0.1) is 11.3 Å². The van der Waals surface area contributed by atoms with Crippen LogP contribution >= 0.6 is 0 Å². The summed E-state index contributed by atoms with van der Waals surface area (Å²) in [4.78, 5) is 29.6. The van der Waals surface area contributed by atoms with Crippen LogP contribution in [0.4, 0.5) is 24.7 Å². The molecule has 1 unspecified atom stereocenters. The Morgan fingerprint density at radius 3 is 2.68 bits per heavy atom. The van der Waals surface area contributed by atoms with Gasteiger partial charge in [-0.3, -0.25) is 4.79 Å². The largest absolute Gasteiger partial charge is 0.462 e. The number of halogens is 3. The second-order valence-electron chi connectivity index (χ2n) is 10.7. The number of carbonyl (C=O) groups is 1. The summed E-state index contributed by atoms with van der Waals surface area (Å²) >= 11 is 0. The minimum absolute atomic E-state index is 0.117. The van der Waals surface area contributed by atoms with Gasteiger partial charge < -0.3 is 24.3 Å². The number of fused-ring (bicyclic) bond motifs is 1. The zero-order chi connectivity index (χ0) is 29.1. The first-order chi connectivity index (χ1) is 19.7. The second-order valence-corrected chi connectivity index (χ2v) is 10.7. The molecule has 0 saturated carbocycles. The number of nitrogens with zero attached hydrogens (tertiary/aromatic N) is 7. The molecule has 4 heterocycles. The van der Waals surface area contributed by atoms with Crippen LogP contribution in [0.15, 0.2) is 36.9 Å². The van der Waals surface area contributed by atoms with Gasteiger partial charge in [0.2, 0.25) is 5.91 Å². The summed E-state index contributed by atoms with van der Waals surface area (Å²) in [5.74, 6) is 0.431. The highest BCUT2D eigenvalue weighted by Gasteiger charge is 2.37. The lowest BCUT2D eigenvalue weighted by Crippen LogP contribution is -2.55. The second kappa shape index (κ2) is 11.9. The summed E-state index contributed by atoms with van der Waals surface area (Å²) in [6.07, 6.45) is -0.534. The van der Waals surface area contributed by atoms with Crippen LogP contribution in [0.1, 0.15) is 36.1 Å².